The molecule has 2 aromatic carbocycles. The van der Waals surface area contributed by atoms with Crippen molar-refractivity contribution >= 4 is 23.0 Å². The van der Waals surface area contributed by atoms with E-state index in [4.69, 9.17) is 5.26 Å². The zero-order valence-corrected chi connectivity index (χ0v) is 15.3. The molecule has 0 bridgehead atoms. The van der Waals surface area contributed by atoms with Gasteiger partial charge in [0.15, 0.2) is 0 Å². The molecule has 0 spiro atoms. The molecule has 0 radical (unpaired) electrons. The second kappa shape index (κ2) is 8.15. The number of carbonyl (C=O) groups is 1. The molecule has 0 aliphatic carbocycles. The monoisotopic (exact) mass is 356 g/mol. The number of hydrogen-bond acceptors (Lipinski definition) is 4. The quantitative estimate of drug-likeness (QED) is 0.687. The molecule has 0 atom stereocenters. The summed E-state index contributed by atoms with van der Waals surface area (Å²) in [4.78, 5) is 16.7. The molecule has 5 heteroatoms. The Morgan fingerprint density at radius 2 is 1.89 bits per heavy atom. The zero-order valence-electron chi connectivity index (χ0n) is 15.3. The lowest BCUT2D eigenvalue weighted by Crippen LogP contribution is -2.13. The molecule has 27 heavy (non-hydrogen) atoms. The summed E-state index contributed by atoms with van der Waals surface area (Å²) in [5.74, 6) is -0.302. The summed E-state index contributed by atoms with van der Waals surface area (Å²) in [5, 5.41) is 15.0. The van der Waals surface area contributed by atoms with Crippen molar-refractivity contribution in [2.24, 2.45) is 0 Å². The van der Waals surface area contributed by atoms with Gasteiger partial charge in [-0.15, -0.1) is 0 Å². The van der Waals surface area contributed by atoms with Crippen LogP contribution in [-0.2, 0) is 6.42 Å². The molecule has 1 amide bonds. The number of nitrogens with one attached hydrogen (secondary N) is 2. The van der Waals surface area contributed by atoms with E-state index < -0.39 is 0 Å². The molecule has 134 valence electrons. The maximum Gasteiger partial charge on any atom is 0.274 e. The summed E-state index contributed by atoms with van der Waals surface area (Å²) in [6, 6.07) is 18.5. The first kappa shape index (κ1) is 18.2. The number of aromatic nitrogens is 1. The minimum absolute atomic E-state index is 0.302. The molecule has 1 heterocycles. The third-order valence-corrected chi connectivity index (χ3v) is 4.27. The Morgan fingerprint density at radius 3 is 2.59 bits per heavy atom. The largest absolute Gasteiger partial charge is 0.355 e. The van der Waals surface area contributed by atoms with E-state index in [-0.39, 0.29) is 5.91 Å². The minimum Gasteiger partial charge on any atom is -0.355 e. The standard InChI is InChI=1S/C22H20N4O/c1-3-17-6-4-5-15(2)21(17)25-19-11-12-24-20(13-19)22(27)26-18-9-7-16(14-23)8-10-18/h4-13H,3H2,1-2H3,(H,24,25)(H,26,27). The summed E-state index contributed by atoms with van der Waals surface area (Å²) in [5.41, 5.74) is 5.71. The highest BCUT2D eigenvalue weighted by Crippen LogP contribution is 2.25. The van der Waals surface area contributed by atoms with Crippen molar-refractivity contribution in [2.75, 3.05) is 10.6 Å². The Kier molecular flexibility index (Phi) is 5.48. The number of rotatable bonds is 5. The van der Waals surface area contributed by atoms with E-state index in [1.165, 1.54) is 5.56 Å². The van der Waals surface area contributed by atoms with Crippen molar-refractivity contribution in [1.82, 2.24) is 4.98 Å². The van der Waals surface area contributed by atoms with Crippen LogP contribution in [0.15, 0.2) is 60.8 Å². The number of benzene rings is 2. The number of nitriles is 1. The molecule has 0 aliphatic heterocycles. The average molecular weight is 356 g/mol. The lowest BCUT2D eigenvalue weighted by atomic mass is 10.1. The van der Waals surface area contributed by atoms with Crippen LogP contribution in [0.1, 0.15) is 34.1 Å². The number of carbonyl (C=O) groups excluding carboxylic acids is 1. The SMILES string of the molecule is CCc1cccc(C)c1Nc1ccnc(C(=O)Nc2ccc(C#N)cc2)c1. The highest BCUT2D eigenvalue weighted by atomic mass is 16.1. The highest BCUT2D eigenvalue weighted by molar-refractivity contribution is 6.03. The van der Waals surface area contributed by atoms with Crippen LogP contribution < -0.4 is 10.6 Å². The van der Waals surface area contributed by atoms with Gasteiger partial charge in [0.2, 0.25) is 0 Å². The van der Waals surface area contributed by atoms with Gasteiger partial charge in [-0.05, 0) is 60.9 Å². The Labute approximate surface area is 158 Å². The molecule has 0 saturated heterocycles. The summed E-state index contributed by atoms with van der Waals surface area (Å²) in [6.45, 7) is 4.17. The fourth-order valence-corrected chi connectivity index (χ4v) is 2.80. The topological polar surface area (TPSA) is 77.8 Å². The smallest absolute Gasteiger partial charge is 0.274 e. The van der Waals surface area contributed by atoms with Crippen LogP contribution >= 0.6 is 0 Å². The first-order valence-corrected chi connectivity index (χ1v) is 8.73. The number of para-hydroxylation sites is 1. The summed E-state index contributed by atoms with van der Waals surface area (Å²) >= 11 is 0. The Balaban J connectivity index is 1.79. The maximum atomic E-state index is 12.5. The van der Waals surface area contributed by atoms with Crippen LogP contribution in [0.4, 0.5) is 17.1 Å². The average Bonchev–Trinajstić information content (AvgIpc) is 2.70. The zero-order chi connectivity index (χ0) is 19.2. The first-order valence-electron chi connectivity index (χ1n) is 8.73. The first-order chi connectivity index (χ1) is 13.1. The molecule has 2 N–H and O–H groups in total. The molecule has 3 rings (SSSR count). The molecule has 0 aliphatic rings. The van der Waals surface area contributed by atoms with Crippen molar-refractivity contribution in [3.63, 3.8) is 0 Å². The lowest BCUT2D eigenvalue weighted by molar-refractivity contribution is 0.102. The third-order valence-electron chi connectivity index (χ3n) is 4.27. The maximum absolute atomic E-state index is 12.5. The van der Waals surface area contributed by atoms with Gasteiger partial charge < -0.3 is 10.6 Å². The predicted octanol–water partition coefficient (Wildman–Crippen LogP) is 4.82. The normalized spacial score (nSPS) is 10.1. The van der Waals surface area contributed by atoms with Gasteiger partial charge in [0, 0.05) is 23.3 Å². The highest BCUT2D eigenvalue weighted by Gasteiger charge is 2.10. The van der Waals surface area contributed by atoms with Gasteiger partial charge in [0.05, 0.1) is 11.6 Å². The molecule has 0 saturated carbocycles. The van der Waals surface area contributed by atoms with Crippen molar-refractivity contribution in [3.05, 3.63) is 83.2 Å². The molecule has 5 nitrogen and oxygen atoms in total. The van der Waals surface area contributed by atoms with Crippen molar-refractivity contribution in [3.8, 4) is 6.07 Å². The minimum atomic E-state index is -0.302. The van der Waals surface area contributed by atoms with Crippen molar-refractivity contribution in [2.45, 2.75) is 20.3 Å². The van der Waals surface area contributed by atoms with E-state index in [0.29, 0.717) is 16.9 Å². The number of hydrogen-bond donors (Lipinski definition) is 2. The Hall–Kier alpha value is -3.65. The van der Waals surface area contributed by atoms with Gasteiger partial charge in [-0.3, -0.25) is 9.78 Å². The van der Waals surface area contributed by atoms with E-state index >= 15 is 0 Å². The number of anilines is 3. The number of amides is 1. The van der Waals surface area contributed by atoms with Gasteiger partial charge in [0.1, 0.15) is 5.69 Å². The van der Waals surface area contributed by atoms with Crippen LogP contribution in [-0.4, -0.2) is 10.9 Å². The Bertz CT molecular complexity index is 1000. The Morgan fingerprint density at radius 1 is 1.11 bits per heavy atom. The third kappa shape index (κ3) is 4.31. The van der Waals surface area contributed by atoms with Crippen LogP contribution in [0.3, 0.4) is 0 Å². The fourth-order valence-electron chi connectivity index (χ4n) is 2.80. The molecule has 0 unspecified atom stereocenters. The van der Waals surface area contributed by atoms with Gasteiger partial charge in [0.25, 0.3) is 5.91 Å². The summed E-state index contributed by atoms with van der Waals surface area (Å²) in [6.07, 6.45) is 2.53. The van der Waals surface area contributed by atoms with E-state index in [2.05, 4.69) is 47.7 Å². The van der Waals surface area contributed by atoms with E-state index in [1.807, 2.05) is 12.1 Å². The number of nitrogens with zero attached hydrogens (tertiary/aromatic N) is 2. The molecular formula is C22H20N4O. The summed E-state index contributed by atoms with van der Waals surface area (Å²) < 4.78 is 0. The van der Waals surface area contributed by atoms with Crippen LogP contribution in [0.25, 0.3) is 0 Å². The van der Waals surface area contributed by atoms with Crippen LogP contribution in [0, 0.1) is 18.3 Å². The van der Waals surface area contributed by atoms with Gasteiger partial charge in [-0.25, -0.2) is 0 Å². The van der Waals surface area contributed by atoms with Crippen molar-refractivity contribution in [1.29, 1.82) is 5.26 Å². The molecule has 1 aromatic heterocycles. The van der Waals surface area contributed by atoms with Gasteiger partial charge in [-0.2, -0.15) is 5.26 Å². The number of aryl methyl sites for hydroxylation is 2. The summed E-state index contributed by atoms with van der Waals surface area (Å²) in [7, 11) is 0. The van der Waals surface area contributed by atoms with E-state index in [0.717, 1.165) is 23.4 Å². The van der Waals surface area contributed by atoms with E-state index in [9.17, 15) is 4.79 Å². The predicted molar refractivity (Wildman–Crippen MR) is 107 cm³/mol. The second-order valence-electron chi connectivity index (χ2n) is 6.16. The molecular weight excluding hydrogens is 336 g/mol. The van der Waals surface area contributed by atoms with E-state index in [1.54, 1.807) is 36.5 Å². The molecule has 0 fully saturated rings. The van der Waals surface area contributed by atoms with Gasteiger partial charge >= 0.3 is 0 Å². The van der Waals surface area contributed by atoms with Gasteiger partial charge in [-0.1, -0.05) is 25.1 Å². The second-order valence-corrected chi connectivity index (χ2v) is 6.16. The lowest BCUT2D eigenvalue weighted by Gasteiger charge is -2.14. The molecule has 3 aromatic rings. The van der Waals surface area contributed by atoms with Crippen molar-refractivity contribution < 1.29 is 4.79 Å². The van der Waals surface area contributed by atoms with Crippen LogP contribution in [0.2, 0.25) is 0 Å². The van der Waals surface area contributed by atoms with Crippen LogP contribution in [0.5, 0.6) is 0 Å². The fraction of sp³-hybridized carbons (Fsp3) is 0.136. The number of pyridine rings is 1.